The van der Waals surface area contributed by atoms with Crippen molar-refractivity contribution in [3.8, 4) is 0 Å². The molecule has 2 rings (SSSR count). The monoisotopic (exact) mass is 286 g/mol. The van der Waals surface area contributed by atoms with Gasteiger partial charge in [0.15, 0.2) is 0 Å². The zero-order chi connectivity index (χ0) is 15.1. The molecule has 4 nitrogen and oxygen atoms in total. The molecule has 0 aromatic heterocycles. The fourth-order valence-corrected chi connectivity index (χ4v) is 2.33. The summed E-state index contributed by atoms with van der Waals surface area (Å²) in [4.78, 5) is 13.3. The number of fused-ring (bicyclic) bond motifs is 1. The molecule has 0 aliphatic rings. The molecular weight excluding hydrogens is 264 g/mol. The van der Waals surface area contributed by atoms with Crippen LogP contribution < -0.4 is 5.32 Å². The molecule has 1 N–H and O–H groups in total. The predicted octanol–water partition coefficient (Wildman–Crippen LogP) is 3.02. The molecule has 0 heterocycles. The normalized spacial score (nSPS) is 10.8. The Labute approximate surface area is 125 Å². The third kappa shape index (κ3) is 4.46. The van der Waals surface area contributed by atoms with Crippen molar-refractivity contribution < 1.29 is 9.53 Å². The molecular formula is C17H22N2O2. The largest absolute Gasteiger partial charge is 0.453 e. The Morgan fingerprint density at radius 1 is 1.19 bits per heavy atom. The summed E-state index contributed by atoms with van der Waals surface area (Å²) in [6.07, 6.45) is -0.378. The second-order valence-electron chi connectivity index (χ2n) is 4.97. The average molecular weight is 286 g/mol. The zero-order valence-electron chi connectivity index (χ0n) is 12.6. The van der Waals surface area contributed by atoms with Gasteiger partial charge in [-0.1, -0.05) is 43.3 Å². The van der Waals surface area contributed by atoms with E-state index in [2.05, 4.69) is 64.3 Å². The number of amides is 1. The number of methoxy groups -OCH3 is 1. The highest BCUT2D eigenvalue weighted by atomic mass is 16.5. The van der Waals surface area contributed by atoms with Crippen molar-refractivity contribution in [2.24, 2.45) is 0 Å². The molecule has 0 atom stereocenters. The highest BCUT2D eigenvalue weighted by molar-refractivity contribution is 5.82. The maximum Gasteiger partial charge on any atom is 0.406 e. The van der Waals surface area contributed by atoms with Crippen molar-refractivity contribution in [3.63, 3.8) is 0 Å². The maximum absolute atomic E-state index is 11.0. The number of likely N-dealkylation sites (N-methyl/N-ethyl adjacent to an activating group) is 1. The van der Waals surface area contributed by atoms with Crippen molar-refractivity contribution >= 4 is 16.9 Å². The zero-order valence-corrected chi connectivity index (χ0v) is 12.6. The second-order valence-corrected chi connectivity index (χ2v) is 4.97. The van der Waals surface area contributed by atoms with Crippen LogP contribution in [0.2, 0.25) is 0 Å². The van der Waals surface area contributed by atoms with Crippen LogP contribution in [-0.2, 0) is 11.3 Å². The molecule has 0 saturated heterocycles. The molecule has 0 unspecified atom stereocenters. The van der Waals surface area contributed by atoms with Crippen LogP contribution in [0.4, 0.5) is 4.79 Å². The van der Waals surface area contributed by atoms with E-state index in [1.807, 2.05) is 0 Å². The molecule has 0 fully saturated rings. The Morgan fingerprint density at radius 3 is 2.67 bits per heavy atom. The summed E-state index contributed by atoms with van der Waals surface area (Å²) in [7, 11) is 1.38. The van der Waals surface area contributed by atoms with E-state index in [0.717, 1.165) is 19.6 Å². The number of nitrogens with zero attached hydrogens (tertiary/aromatic N) is 1. The van der Waals surface area contributed by atoms with Crippen molar-refractivity contribution in [2.45, 2.75) is 13.5 Å². The number of hydrogen-bond donors (Lipinski definition) is 1. The number of ether oxygens (including phenoxy) is 1. The van der Waals surface area contributed by atoms with E-state index in [9.17, 15) is 4.79 Å². The summed E-state index contributed by atoms with van der Waals surface area (Å²) in [5.74, 6) is 0. The number of rotatable bonds is 6. The molecule has 1 amide bonds. The molecule has 0 aliphatic carbocycles. The van der Waals surface area contributed by atoms with Crippen LogP contribution in [0.15, 0.2) is 42.5 Å². The van der Waals surface area contributed by atoms with Crippen LogP contribution >= 0.6 is 0 Å². The van der Waals surface area contributed by atoms with Crippen LogP contribution in [0.3, 0.4) is 0 Å². The predicted molar refractivity (Wildman–Crippen MR) is 85.3 cm³/mol. The minimum Gasteiger partial charge on any atom is -0.453 e. The lowest BCUT2D eigenvalue weighted by molar-refractivity contribution is 0.168. The summed E-state index contributed by atoms with van der Waals surface area (Å²) in [5.41, 5.74) is 1.29. The second kappa shape index (κ2) is 7.64. The first-order chi connectivity index (χ1) is 10.2. The third-order valence-electron chi connectivity index (χ3n) is 3.55. The van der Waals surface area contributed by atoms with Crippen LogP contribution in [0.1, 0.15) is 12.5 Å². The number of alkyl carbamates (subject to hydrolysis) is 1. The van der Waals surface area contributed by atoms with Gasteiger partial charge in [0.05, 0.1) is 7.11 Å². The summed E-state index contributed by atoms with van der Waals surface area (Å²) in [5, 5.41) is 5.23. The quantitative estimate of drug-likeness (QED) is 0.887. The van der Waals surface area contributed by atoms with E-state index in [1.165, 1.54) is 23.4 Å². The van der Waals surface area contributed by atoms with Crippen molar-refractivity contribution in [1.82, 2.24) is 10.2 Å². The van der Waals surface area contributed by atoms with Gasteiger partial charge in [0.2, 0.25) is 0 Å². The first-order valence-corrected chi connectivity index (χ1v) is 7.24. The van der Waals surface area contributed by atoms with Crippen LogP contribution in [0.25, 0.3) is 10.8 Å². The summed E-state index contributed by atoms with van der Waals surface area (Å²) in [6.45, 7) is 5.34. The van der Waals surface area contributed by atoms with E-state index in [4.69, 9.17) is 0 Å². The van der Waals surface area contributed by atoms with E-state index < -0.39 is 0 Å². The topological polar surface area (TPSA) is 41.6 Å². The van der Waals surface area contributed by atoms with E-state index in [-0.39, 0.29) is 6.09 Å². The molecule has 2 aromatic carbocycles. The number of carbonyl (C=O) groups excluding carboxylic acids is 1. The number of carbonyl (C=O) groups is 1. The van der Waals surface area contributed by atoms with Gasteiger partial charge in [0.25, 0.3) is 0 Å². The average Bonchev–Trinajstić information content (AvgIpc) is 2.53. The van der Waals surface area contributed by atoms with Gasteiger partial charge in [-0.15, -0.1) is 0 Å². The van der Waals surface area contributed by atoms with Gasteiger partial charge in [-0.2, -0.15) is 0 Å². The molecule has 21 heavy (non-hydrogen) atoms. The van der Waals surface area contributed by atoms with Gasteiger partial charge < -0.3 is 10.1 Å². The lowest BCUT2D eigenvalue weighted by atomic mass is 10.1. The lowest BCUT2D eigenvalue weighted by Crippen LogP contribution is -2.34. The molecule has 2 aromatic rings. The van der Waals surface area contributed by atoms with Crippen molar-refractivity contribution in [3.05, 3.63) is 48.0 Å². The Bertz CT molecular complexity index is 598. The Balaban J connectivity index is 1.94. The highest BCUT2D eigenvalue weighted by Gasteiger charge is 2.05. The Hall–Kier alpha value is -2.07. The smallest absolute Gasteiger partial charge is 0.406 e. The maximum atomic E-state index is 11.0. The van der Waals surface area contributed by atoms with Crippen LogP contribution in [0.5, 0.6) is 0 Å². The molecule has 0 aliphatic heterocycles. The standard InChI is InChI=1S/C17H22N2O2/c1-3-19(11-10-18-17(20)21-2)13-14-8-9-15-6-4-5-7-16(15)12-14/h4-9,12H,3,10-11,13H2,1-2H3,(H,18,20). The van der Waals surface area contributed by atoms with Gasteiger partial charge in [0.1, 0.15) is 0 Å². The summed E-state index contributed by atoms with van der Waals surface area (Å²) >= 11 is 0. The molecule has 0 bridgehead atoms. The minimum atomic E-state index is -0.378. The Kier molecular flexibility index (Phi) is 5.58. The van der Waals surface area contributed by atoms with E-state index >= 15 is 0 Å². The van der Waals surface area contributed by atoms with Gasteiger partial charge in [-0.05, 0) is 28.9 Å². The highest BCUT2D eigenvalue weighted by Crippen LogP contribution is 2.16. The number of hydrogen-bond acceptors (Lipinski definition) is 3. The molecule has 0 saturated carbocycles. The first-order valence-electron chi connectivity index (χ1n) is 7.24. The minimum absolute atomic E-state index is 0.378. The van der Waals surface area contributed by atoms with Gasteiger partial charge >= 0.3 is 6.09 Å². The Morgan fingerprint density at radius 2 is 1.95 bits per heavy atom. The first kappa shape index (κ1) is 15.3. The molecule has 0 spiro atoms. The molecule has 0 radical (unpaired) electrons. The van der Waals surface area contributed by atoms with E-state index in [1.54, 1.807) is 0 Å². The molecule has 4 heteroatoms. The molecule has 112 valence electrons. The summed E-state index contributed by atoms with van der Waals surface area (Å²) in [6, 6.07) is 14.9. The third-order valence-corrected chi connectivity index (χ3v) is 3.55. The SMILES string of the molecule is CCN(CCNC(=O)OC)Cc1ccc2ccccc2c1. The fraction of sp³-hybridized carbons (Fsp3) is 0.353. The van der Waals surface area contributed by atoms with Crippen LogP contribution in [0, 0.1) is 0 Å². The number of nitrogens with one attached hydrogen (secondary N) is 1. The summed E-state index contributed by atoms with van der Waals surface area (Å²) < 4.78 is 4.56. The van der Waals surface area contributed by atoms with Crippen molar-refractivity contribution in [1.29, 1.82) is 0 Å². The number of benzene rings is 2. The van der Waals surface area contributed by atoms with Crippen molar-refractivity contribution in [2.75, 3.05) is 26.7 Å². The van der Waals surface area contributed by atoms with E-state index in [0.29, 0.717) is 6.54 Å². The fourth-order valence-electron chi connectivity index (χ4n) is 2.33. The van der Waals surface area contributed by atoms with Gasteiger partial charge in [-0.25, -0.2) is 4.79 Å². The lowest BCUT2D eigenvalue weighted by Gasteiger charge is -2.20. The van der Waals surface area contributed by atoms with Crippen LogP contribution in [-0.4, -0.2) is 37.7 Å². The van der Waals surface area contributed by atoms with Gasteiger partial charge in [0, 0.05) is 19.6 Å². The van der Waals surface area contributed by atoms with Gasteiger partial charge in [-0.3, -0.25) is 4.90 Å².